The Labute approximate surface area is 211 Å². The molecular formula is C24H23F3N6O3S. The second kappa shape index (κ2) is 10.2. The molecule has 194 valence electrons. The Morgan fingerprint density at radius 2 is 1.76 bits per heavy atom. The van der Waals surface area contributed by atoms with Crippen molar-refractivity contribution in [1.29, 1.82) is 0 Å². The number of imidazole rings is 1. The fourth-order valence-corrected chi connectivity index (χ4v) is 4.71. The quantitative estimate of drug-likeness (QED) is 0.351. The van der Waals surface area contributed by atoms with E-state index in [1.165, 1.54) is 19.2 Å². The van der Waals surface area contributed by atoms with E-state index in [4.69, 9.17) is 4.74 Å². The lowest BCUT2D eigenvalue weighted by atomic mass is 9.96. The van der Waals surface area contributed by atoms with Gasteiger partial charge in [0.1, 0.15) is 5.75 Å². The highest BCUT2D eigenvalue weighted by Gasteiger charge is 2.33. The Balaban J connectivity index is 1.89. The number of alkyl halides is 3. The minimum atomic E-state index is -4.63. The lowest BCUT2D eigenvalue weighted by Crippen LogP contribution is -2.21. The first kappa shape index (κ1) is 26.1. The molecule has 2 aromatic carbocycles. The van der Waals surface area contributed by atoms with Gasteiger partial charge in [0.15, 0.2) is 11.5 Å². The van der Waals surface area contributed by atoms with Gasteiger partial charge in [-0.1, -0.05) is 12.1 Å². The Morgan fingerprint density at radius 1 is 1.03 bits per heavy atom. The highest BCUT2D eigenvalue weighted by atomic mass is 32.2. The van der Waals surface area contributed by atoms with Gasteiger partial charge in [0, 0.05) is 24.5 Å². The van der Waals surface area contributed by atoms with Gasteiger partial charge in [-0.3, -0.25) is 0 Å². The maximum absolute atomic E-state index is 13.0. The van der Waals surface area contributed by atoms with Gasteiger partial charge in [-0.15, -0.1) is 10.2 Å². The molecule has 0 bridgehead atoms. The number of aryl methyl sites for hydroxylation is 1. The van der Waals surface area contributed by atoms with Gasteiger partial charge in [0.2, 0.25) is 10.0 Å². The van der Waals surface area contributed by atoms with Crippen LogP contribution in [-0.4, -0.2) is 42.3 Å². The first-order valence-electron chi connectivity index (χ1n) is 10.9. The van der Waals surface area contributed by atoms with Gasteiger partial charge in [-0.05, 0) is 61.0 Å². The maximum atomic E-state index is 13.0. The number of hydrogen-bond donors (Lipinski definition) is 2. The van der Waals surface area contributed by atoms with E-state index in [1.54, 1.807) is 43.4 Å². The summed E-state index contributed by atoms with van der Waals surface area (Å²) in [7, 11) is 0.742. The molecule has 0 saturated carbocycles. The van der Waals surface area contributed by atoms with Gasteiger partial charge in [0.25, 0.3) is 0 Å². The molecule has 0 spiro atoms. The highest BCUT2D eigenvalue weighted by molar-refractivity contribution is 7.89. The molecule has 2 N–H and O–H groups in total. The minimum Gasteiger partial charge on any atom is -0.497 e. The van der Waals surface area contributed by atoms with Crippen molar-refractivity contribution in [3.63, 3.8) is 0 Å². The van der Waals surface area contributed by atoms with E-state index < -0.39 is 21.9 Å². The molecule has 0 amide bonds. The average molecular weight is 533 g/mol. The van der Waals surface area contributed by atoms with E-state index in [1.807, 2.05) is 12.1 Å². The standard InChI is InChI=1S/C24H23F3N6O3S/c1-28-37(34,35)20-9-8-18(30-22-11-10-21(31-32-22)24(25,26)27)23(19-13-33(2)14-29-19)17(20)12-15-4-6-16(36-3)7-5-15/h4-11,13-14,28H,12H2,1-3H3,(H,30,32). The van der Waals surface area contributed by atoms with Crippen molar-refractivity contribution >= 4 is 21.5 Å². The summed E-state index contributed by atoms with van der Waals surface area (Å²) in [5, 5.41) is 9.88. The number of sulfonamides is 1. The summed E-state index contributed by atoms with van der Waals surface area (Å²) in [6, 6.07) is 12.1. The van der Waals surface area contributed by atoms with Gasteiger partial charge in [0.05, 0.1) is 24.0 Å². The topological polar surface area (TPSA) is 111 Å². The Kier molecular flexibility index (Phi) is 7.18. The number of anilines is 2. The molecule has 0 aliphatic heterocycles. The molecule has 0 saturated heterocycles. The molecule has 0 fully saturated rings. The number of nitrogens with zero attached hydrogens (tertiary/aromatic N) is 4. The van der Waals surface area contributed by atoms with E-state index in [-0.39, 0.29) is 17.1 Å². The Morgan fingerprint density at radius 3 is 2.30 bits per heavy atom. The summed E-state index contributed by atoms with van der Waals surface area (Å²) < 4.78 is 74.0. The zero-order valence-electron chi connectivity index (χ0n) is 20.0. The lowest BCUT2D eigenvalue weighted by Gasteiger charge is -2.19. The van der Waals surface area contributed by atoms with Gasteiger partial charge < -0.3 is 14.6 Å². The molecule has 0 radical (unpaired) electrons. The monoisotopic (exact) mass is 532 g/mol. The third-order valence-electron chi connectivity index (χ3n) is 5.55. The van der Waals surface area contributed by atoms with Crippen LogP contribution in [0.2, 0.25) is 0 Å². The van der Waals surface area contributed by atoms with Crippen LogP contribution in [0.25, 0.3) is 11.3 Å². The van der Waals surface area contributed by atoms with E-state index in [9.17, 15) is 21.6 Å². The molecule has 0 aliphatic rings. The van der Waals surface area contributed by atoms with E-state index in [2.05, 4.69) is 25.2 Å². The molecule has 13 heteroatoms. The van der Waals surface area contributed by atoms with Gasteiger partial charge in [-0.2, -0.15) is 13.2 Å². The van der Waals surface area contributed by atoms with Gasteiger partial charge >= 0.3 is 6.18 Å². The largest absolute Gasteiger partial charge is 0.497 e. The van der Waals surface area contributed by atoms with E-state index >= 15 is 0 Å². The summed E-state index contributed by atoms with van der Waals surface area (Å²) in [6.07, 6.45) is -1.14. The third-order valence-corrected chi connectivity index (χ3v) is 7.05. The molecule has 4 rings (SSSR count). The second-order valence-corrected chi connectivity index (χ2v) is 9.90. The zero-order chi connectivity index (χ0) is 26.8. The SMILES string of the molecule is CNS(=O)(=O)c1ccc(Nc2ccc(C(F)(F)F)nn2)c(-c2cn(C)cn2)c1Cc1ccc(OC)cc1. The van der Waals surface area contributed by atoms with Crippen LogP contribution in [0.5, 0.6) is 5.75 Å². The fraction of sp³-hybridized carbons (Fsp3) is 0.208. The highest BCUT2D eigenvalue weighted by Crippen LogP contribution is 2.38. The molecule has 0 atom stereocenters. The first-order valence-corrected chi connectivity index (χ1v) is 12.4. The van der Waals surface area contributed by atoms with Crippen LogP contribution in [0.15, 0.2) is 66.0 Å². The summed E-state index contributed by atoms with van der Waals surface area (Å²) in [5.74, 6) is 0.692. The van der Waals surface area contributed by atoms with Crippen LogP contribution < -0.4 is 14.8 Å². The number of benzene rings is 2. The van der Waals surface area contributed by atoms with Crippen molar-refractivity contribution in [3.05, 3.63) is 77.9 Å². The van der Waals surface area contributed by atoms with Crippen LogP contribution >= 0.6 is 0 Å². The third kappa shape index (κ3) is 5.73. The molecule has 2 heterocycles. The predicted molar refractivity (Wildman–Crippen MR) is 131 cm³/mol. The number of rotatable bonds is 8. The van der Waals surface area contributed by atoms with E-state index in [0.29, 0.717) is 28.3 Å². The number of nitrogens with one attached hydrogen (secondary N) is 2. The van der Waals surface area contributed by atoms with Crippen molar-refractivity contribution in [2.75, 3.05) is 19.5 Å². The van der Waals surface area contributed by atoms with E-state index in [0.717, 1.165) is 17.7 Å². The van der Waals surface area contributed by atoms with Crippen LogP contribution in [-0.2, 0) is 29.7 Å². The summed E-state index contributed by atoms with van der Waals surface area (Å²) in [5.41, 5.74) is 1.42. The molecule has 0 aliphatic carbocycles. The number of hydrogen-bond acceptors (Lipinski definition) is 7. The van der Waals surface area contributed by atoms with Crippen LogP contribution in [0, 0.1) is 0 Å². The van der Waals surface area contributed by atoms with Crippen molar-refractivity contribution in [2.24, 2.45) is 7.05 Å². The van der Waals surface area contributed by atoms with Crippen molar-refractivity contribution in [1.82, 2.24) is 24.5 Å². The average Bonchev–Trinajstić information content (AvgIpc) is 3.30. The number of ether oxygens (including phenoxy) is 1. The van der Waals surface area contributed by atoms with Crippen LogP contribution in [0.1, 0.15) is 16.8 Å². The predicted octanol–water partition coefficient (Wildman–Crippen LogP) is 4.15. The molecule has 9 nitrogen and oxygen atoms in total. The molecule has 37 heavy (non-hydrogen) atoms. The second-order valence-electron chi connectivity index (χ2n) is 8.05. The summed E-state index contributed by atoms with van der Waals surface area (Å²) in [6.45, 7) is 0. The Hall–Kier alpha value is -3.97. The zero-order valence-corrected chi connectivity index (χ0v) is 20.9. The number of aromatic nitrogens is 4. The van der Waals surface area contributed by atoms with Crippen molar-refractivity contribution in [2.45, 2.75) is 17.5 Å². The van der Waals surface area contributed by atoms with Gasteiger partial charge in [-0.25, -0.2) is 18.1 Å². The molecule has 2 aromatic heterocycles. The normalized spacial score (nSPS) is 11.9. The van der Waals surface area contributed by atoms with Crippen LogP contribution in [0.3, 0.4) is 0 Å². The first-order chi connectivity index (χ1) is 17.5. The molecular weight excluding hydrogens is 509 g/mol. The maximum Gasteiger partial charge on any atom is 0.435 e. The minimum absolute atomic E-state index is 0.0375. The lowest BCUT2D eigenvalue weighted by molar-refractivity contribution is -0.141. The van der Waals surface area contributed by atoms with Crippen molar-refractivity contribution < 1.29 is 26.3 Å². The summed E-state index contributed by atoms with van der Waals surface area (Å²) in [4.78, 5) is 4.45. The Bertz CT molecular complexity index is 1500. The van der Waals surface area contributed by atoms with Crippen LogP contribution in [0.4, 0.5) is 24.7 Å². The summed E-state index contributed by atoms with van der Waals surface area (Å²) >= 11 is 0. The molecule has 0 unspecified atom stereocenters. The fourth-order valence-electron chi connectivity index (χ4n) is 3.74. The number of halogens is 3. The smallest absolute Gasteiger partial charge is 0.435 e. The molecule has 4 aromatic rings. The van der Waals surface area contributed by atoms with Crippen molar-refractivity contribution in [3.8, 4) is 17.0 Å². The number of methoxy groups -OCH3 is 1.